The maximum atomic E-state index is 9.49. The van der Waals surface area contributed by atoms with Gasteiger partial charge in [-0.05, 0) is 25.1 Å². The van der Waals surface area contributed by atoms with Crippen LogP contribution in [0.25, 0.3) is 0 Å². The number of methoxy groups -OCH3 is 2. The maximum Gasteiger partial charge on any atom is 0.161 e. The van der Waals surface area contributed by atoms with Gasteiger partial charge in [0.1, 0.15) is 19.2 Å². The fraction of sp³-hybridized carbons (Fsp3) is 0.533. The van der Waals surface area contributed by atoms with Crippen LogP contribution in [0.5, 0.6) is 11.5 Å². The van der Waals surface area contributed by atoms with Crippen molar-refractivity contribution in [3.63, 3.8) is 0 Å². The van der Waals surface area contributed by atoms with Gasteiger partial charge in [-0.3, -0.25) is 0 Å². The minimum absolute atomic E-state index is 0.305. The first-order valence-electron chi connectivity index (χ1n) is 6.56. The van der Waals surface area contributed by atoms with Crippen LogP contribution in [0.3, 0.4) is 0 Å². The van der Waals surface area contributed by atoms with Crippen LogP contribution in [0.4, 0.5) is 0 Å². The summed E-state index contributed by atoms with van der Waals surface area (Å²) in [6, 6.07) is 5.93. The van der Waals surface area contributed by atoms with Crippen molar-refractivity contribution in [1.29, 1.82) is 0 Å². The fourth-order valence-electron chi connectivity index (χ4n) is 2.25. The minimum atomic E-state index is -0.500. The zero-order valence-electron chi connectivity index (χ0n) is 13.3. The summed E-state index contributed by atoms with van der Waals surface area (Å²) in [6.45, 7) is 2.87. The van der Waals surface area contributed by atoms with Crippen molar-refractivity contribution >= 4 is 6.47 Å². The standard InChI is InChI=1S/C14H24NO3.CH2O2/c1-11(16)9-15(2,3)10-12-6-7-13(17-4)14(8-12)18-5;2-1-3/h6-8,11,16H,9-10H2,1-5H3;1H,(H,2,3)/q+1;/p-1. The number of rotatable bonds is 6. The lowest BCUT2D eigenvalue weighted by Crippen LogP contribution is -2.43. The molecule has 6 heteroatoms. The van der Waals surface area contributed by atoms with Crippen LogP contribution >= 0.6 is 0 Å². The number of carboxylic acid groups (broad SMARTS) is 1. The van der Waals surface area contributed by atoms with Gasteiger partial charge in [0, 0.05) is 12.0 Å². The van der Waals surface area contributed by atoms with Crippen molar-refractivity contribution < 1.29 is 29.0 Å². The second-order valence-electron chi connectivity index (χ2n) is 5.41. The number of carbonyl (C=O) groups excluding carboxylic acids is 1. The van der Waals surface area contributed by atoms with E-state index < -0.39 is 6.47 Å². The average Bonchev–Trinajstić information content (AvgIpc) is 2.37. The molecule has 1 unspecified atom stereocenters. The van der Waals surface area contributed by atoms with Gasteiger partial charge in [-0.25, -0.2) is 0 Å². The molecule has 1 atom stereocenters. The van der Waals surface area contributed by atoms with E-state index in [0.717, 1.165) is 22.5 Å². The van der Waals surface area contributed by atoms with E-state index in [2.05, 4.69) is 14.1 Å². The van der Waals surface area contributed by atoms with Gasteiger partial charge < -0.3 is 29.0 Å². The SMILES string of the molecule is COc1ccc(C[N+](C)(C)CC(C)O)cc1OC.O=C[O-]. The summed E-state index contributed by atoms with van der Waals surface area (Å²) in [6.07, 6.45) is -0.305. The highest BCUT2D eigenvalue weighted by Gasteiger charge is 2.19. The molecule has 0 aliphatic carbocycles. The Balaban J connectivity index is 0.00000122. The lowest BCUT2D eigenvalue weighted by molar-refractivity contribution is -0.906. The van der Waals surface area contributed by atoms with E-state index in [1.54, 1.807) is 14.2 Å². The predicted octanol–water partition coefficient (Wildman–Crippen LogP) is 0.0271. The van der Waals surface area contributed by atoms with Crippen molar-refractivity contribution in [3.8, 4) is 11.5 Å². The highest BCUT2D eigenvalue weighted by Crippen LogP contribution is 2.28. The molecule has 0 aromatic heterocycles. The van der Waals surface area contributed by atoms with E-state index in [0.29, 0.717) is 6.54 Å². The Morgan fingerprint density at radius 1 is 1.29 bits per heavy atom. The van der Waals surface area contributed by atoms with Gasteiger partial charge in [0.2, 0.25) is 0 Å². The highest BCUT2D eigenvalue weighted by molar-refractivity contribution is 5.42. The fourth-order valence-corrected chi connectivity index (χ4v) is 2.25. The Morgan fingerprint density at radius 2 is 1.81 bits per heavy atom. The molecule has 0 saturated carbocycles. The summed E-state index contributed by atoms with van der Waals surface area (Å²) in [4.78, 5) is 8.25. The number of hydrogen-bond acceptors (Lipinski definition) is 5. The molecule has 1 aromatic rings. The summed E-state index contributed by atoms with van der Waals surface area (Å²) in [7, 11) is 7.47. The van der Waals surface area contributed by atoms with Crippen LogP contribution in [-0.2, 0) is 11.3 Å². The molecule has 0 amide bonds. The van der Waals surface area contributed by atoms with Gasteiger partial charge in [0.05, 0.1) is 28.3 Å². The van der Waals surface area contributed by atoms with E-state index in [4.69, 9.17) is 19.4 Å². The van der Waals surface area contributed by atoms with Crippen LogP contribution in [0.15, 0.2) is 18.2 Å². The van der Waals surface area contributed by atoms with Crippen molar-refractivity contribution in [1.82, 2.24) is 0 Å². The summed E-state index contributed by atoms with van der Waals surface area (Å²) >= 11 is 0. The number of carbonyl (C=O) groups is 1. The van der Waals surface area contributed by atoms with Gasteiger partial charge >= 0.3 is 0 Å². The minimum Gasteiger partial charge on any atom is -0.554 e. The van der Waals surface area contributed by atoms with Crippen LogP contribution in [0, 0.1) is 0 Å². The lowest BCUT2D eigenvalue weighted by Gasteiger charge is -2.31. The van der Waals surface area contributed by atoms with Crippen molar-refractivity contribution in [2.45, 2.75) is 19.6 Å². The highest BCUT2D eigenvalue weighted by atomic mass is 16.5. The van der Waals surface area contributed by atoms with Crippen molar-refractivity contribution in [2.24, 2.45) is 0 Å². The molecule has 21 heavy (non-hydrogen) atoms. The van der Waals surface area contributed by atoms with Crippen molar-refractivity contribution in [2.75, 3.05) is 34.9 Å². The Labute approximate surface area is 126 Å². The molecule has 0 saturated heterocycles. The number of ether oxygens (including phenoxy) is 2. The number of aliphatic hydroxyl groups is 1. The molecule has 0 aliphatic rings. The van der Waals surface area contributed by atoms with E-state index in [9.17, 15) is 5.11 Å². The Hall–Kier alpha value is -1.79. The zero-order chi connectivity index (χ0) is 16.5. The molecular formula is C15H25NO5. The van der Waals surface area contributed by atoms with Crippen molar-refractivity contribution in [3.05, 3.63) is 23.8 Å². The molecular weight excluding hydrogens is 274 g/mol. The number of hydrogen-bond donors (Lipinski definition) is 1. The first-order valence-corrected chi connectivity index (χ1v) is 6.56. The molecule has 0 spiro atoms. The molecule has 6 nitrogen and oxygen atoms in total. The van der Waals surface area contributed by atoms with Crippen LogP contribution in [0.1, 0.15) is 12.5 Å². The largest absolute Gasteiger partial charge is 0.554 e. The maximum absolute atomic E-state index is 9.49. The van der Waals surface area contributed by atoms with Gasteiger partial charge in [-0.2, -0.15) is 0 Å². The molecule has 120 valence electrons. The van der Waals surface area contributed by atoms with Gasteiger partial charge in [-0.15, -0.1) is 0 Å². The molecule has 0 bridgehead atoms. The second-order valence-corrected chi connectivity index (χ2v) is 5.41. The Bertz CT molecular complexity index is 432. The van der Waals surface area contributed by atoms with Crippen LogP contribution < -0.4 is 14.6 Å². The van der Waals surface area contributed by atoms with Gasteiger partial charge in [0.25, 0.3) is 0 Å². The summed E-state index contributed by atoms with van der Waals surface area (Å²) in [5.41, 5.74) is 1.17. The topological polar surface area (TPSA) is 78.8 Å². The average molecular weight is 299 g/mol. The number of quaternary nitrogens is 1. The Kier molecular flexibility index (Phi) is 8.42. The van der Waals surface area contributed by atoms with Gasteiger partial charge in [0.15, 0.2) is 11.5 Å². The molecule has 0 fully saturated rings. The predicted molar refractivity (Wildman–Crippen MR) is 78.0 cm³/mol. The molecule has 0 heterocycles. The van der Waals surface area contributed by atoms with Crippen LogP contribution in [-0.4, -0.2) is 57.0 Å². The summed E-state index contributed by atoms with van der Waals surface area (Å²) in [5, 5.41) is 17.7. The Morgan fingerprint density at radius 3 is 2.24 bits per heavy atom. The number of nitrogens with zero attached hydrogens (tertiary/aromatic N) is 1. The quantitative estimate of drug-likeness (QED) is 0.592. The molecule has 0 aliphatic heterocycles. The molecule has 1 rings (SSSR count). The van der Waals surface area contributed by atoms with Crippen LogP contribution in [0.2, 0.25) is 0 Å². The first kappa shape index (κ1) is 19.2. The summed E-state index contributed by atoms with van der Waals surface area (Å²) in [5.74, 6) is 1.48. The van der Waals surface area contributed by atoms with E-state index >= 15 is 0 Å². The van der Waals surface area contributed by atoms with Gasteiger partial charge in [-0.1, -0.05) is 0 Å². The third kappa shape index (κ3) is 7.53. The zero-order valence-corrected chi connectivity index (χ0v) is 13.3. The normalized spacial score (nSPS) is 11.9. The summed E-state index contributed by atoms with van der Waals surface area (Å²) < 4.78 is 11.2. The third-order valence-corrected chi connectivity index (χ3v) is 2.82. The number of aliphatic hydroxyl groups excluding tert-OH is 1. The molecule has 1 N–H and O–H groups in total. The number of likely N-dealkylation sites (N-methyl/N-ethyl adjacent to an activating group) is 1. The van der Waals surface area contributed by atoms with E-state index in [-0.39, 0.29) is 6.10 Å². The van der Waals surface area contributed by atoms with E-state index in [1.165, 1.54) is 5.56 Å². The second kappa shape index (κ2) is 9.20. The molecule has 0 radical (unpaired) electrons. The lowest BCUT2D eigenvalue weighted by atomic mass is 10.1. The third-order valence-electron chi connectivity index (χ3n) is 2.82. The monoisotopic (exact) mass is 299 g/mol. The number of benzene rings is 1. The molecule has 1 aromatic carbocycles. The first-order chi connectivity index (χ1) is 9.79. The van der Waals surface area contributed by atoms with E-state index in [1.807, 2.05) is 25.1 Å². The smallest absolute Gasteiger partial charge is 0.161 e.